The number of hydrogen-bond donors (Lipinski definition) is 1. The molecule has 1 aromatic rings. The Hall–Kier alpha value is -0.140. The number of rotatable bonds is 5. The van der Waals surface area contributed by atoms with Crippen LogP contribution in [0, 0.1) is 5.92 Å². The van der Waals surface area contributed by atoms with Gasteiger partial charge in [-0.2, -0.15) is 4.31 Å². The summed E-state index contributed by atoms with van der Waals surface area (Å²) in [5, 5.41) is 3.15. The summed E-state index contributed by atoms with van der Waals surface area (Å²) in [5.41, 5.74) is 0. The van der Waals surface area contributed by atoms with E-state index in [1.54, 1.807) is 22.5 Å². The fourth-order valence-electron chi connectivity index (χ4n) is 2.58. The highest BCUT2D eigenvalue weighted by molar-refractivity contribution is 9.10. The van der Waals surface area contributed by atoms with Gasteiger partial charge < -0.3 is 5.32 Å². The van der Waals surface area contributed by atoms with Crippen molar-refractivity contribution in [1.29, 1.82) is 0 Å². The van der Waals surface area contributed by atoms with Crippen LogP contribution in [0.3, 0.4) is 0 Å². The highest BCUT2D eigenvalue weighted by Gasteiger charge is 2.30. The second-order valence-corrected chi connectivity index (χ2v) is 7.93. The number of nitrogens with one attached hydrogen (secondary N) is 1. The van der Waals surface area contributed by atoms with E-state index in [1.165, 1.54) is 0 Å². The average Bonchev–Trinajstić information content (AvgIpc) is 2.46. The first-order valence-electron chi connectivity index (χ1n) is 6.95. The zero-order chi connectivity index (χ0) is 14.6. The zero-order valence-electron chi connectivity index (χ0n) is 12.1. The molecule has 1 heterocycles. The quantitative estimate of drug-likeness (QED) is 0.831. The molecule has 0 aromatic heterocycles. The van der Waals surface area contributed by atoms with Crippen LogP contribution in [0.2, 0.25) is 0 Å². The zero-order valence-corrected chi connectivity index (χ0v) is 15.3. The van der Waals surface area contributed by atoms with E-state index in [1.807, 2.05) is 13.1 Å². The summed E-state index contributed by atoms with van der Waals surface area (Å²) < 4.78 is 27.5. The molecule has 0 aliphatic carbocycles. The molecule has 1 aliphatic rings. The van der Waals surface area contributed by atoms with Gasteiger partial charge in [0.2, 0.25) is 10.0 Å². The van der Waals surface area contributed by atoms with Crippen molar-refractivity contribution < 1.29 is 8.42 Å². The molecule has 1 saturated heterocycles. The first-order chi connectivity index (χ1) is 9.55. The second-order valence-electron chi connectivity index (χ2n) is 5.17. The molecular formula is C14H22BrClN2O2S. The topological polar surface area (TPSA) is 49.4 Å². The predicted octanol–water partition coefficient (Wildman–Crippen LogP) is 2.88. The minimum absolute atomic E-state index is 0. The fraction of sp³-hybridized carbons (Fsp3) is 0.571. The Labute approximate surface area is 141 Å². The van der Waals surface area contributed by atoms with Crippen LogP contribution in [0.1, 0.15) is 19.3 Å². The third-order valence-electron chi connectivity index (χ3n) is 3.83. The van der Waals surface area contributed by atoms with Crippen molar-refractivity contribution in [3.05, 3.63) is 28.7 Å². The average molecular weight is 398 g/mol. The van der Waals surface area contributed by atoms with Crippen LogP contribution in [0.5, 0.6) is 0 Å². The van der Waals surface area contributed by atoms with Gasteiger partial charge in [0, 0.05) is 17.6 Å². The van der Waals surface area contributed by atoms with Gasteiger partial charge in [-0.05, 0) is 66.8 Å². The lowest BCUT2D eigenvalue weighted by Gasteiger charge is -2.31. The van der Waals surface area contributed by atoms with Gasteiger partial charge in [-0.25, -0.2) is 8.42 Å². The van der Waals surface area contributed by atoms with Gasteiger partial charge >= 0.3 is 0 Å². The molecule has 120 valence electrons. The molecular weight excluding hydrogens is 376 g/mol. The van der Waals surface area contributed by atoms with Crippen LogP contribution in [-0.4, -0.2) is 39.4 Å². The number of nitrogens with zero attached hydrogens (tertiary/aromatic N) is 1. The van der Waals surface area contributed by atoms with Crippen molar-refractivity contribution >= 4 is 38.4 Å². The summed E-state index contributed by atoms with van der Waals surface area (Å²) in [4.78, 5) is 0.369. The maximum absolute atomic E-state index is 12.6. The van der Waals surface area contributed by atoms with Gasteiger partial charge in [0.05, 0.1) is 4.90 Å². The van der Waals surface area contributed by atoms with Gasteiger partial charge in [-0.3, -0.25) is 0 Å². The summed E-state index contributed by atoms with van der Waals surface area (Å²) in [5.74, 6) is 0.633. The molecule has 0 amide bonds. The molecule has 0 spiro atoms. The van der Waals surface area contributed by atoms with Crippen molar-refractivity contribution in [3.63, 3.8) is 0 Å². The monoisotopic (exact) mass is 396 g/mol. The molecule has 0 atom stereocenters. The fourth-order valence-corrected chi connectivity index (χ4v) is 5.01. The number of piperidine rings is 1. The van der Waals surface area contributed by atoms with Gasteiger partial charge in [0.15, 0.2) is 0 Å². The first kappa shape index (κ1) is 18.9. The minimum Gasteiger partial charge on any atom is -0.320 e. The van der Waals surface area contributed by atoms with Crippen LogP contribution in [0.25, 0.3) is 0 Å². The summed E-state index contributed by atoms with van der Waals surface area (Å²) in [6, 6.07) is 7.02. The van der Waals surface area contributed by atoms with Crippen molar-refractivity contribution in [2.24, 2.45) is 5.92 Å². The number of sulfonamides is 1. The molecule has 0 saturated carbocycles. The Morgan fingerprint density at radius 2 is 1.90 bits per heavy atom. The SMILES string of the molecule is CNCCC1CCN(S(=O)(=O)c2ccccc2Br)CC1.Cl. The van der Waals surface area contributed by atoms with Crippen LogP contribution in [-0.2, 0) is 10.0 Å². The highest BCUT2D eigenvalue weighted by Crippen LogP contribution is 2.28. The van der Waals surface area contributed by atoms with E-state index in [9.17, 15) is 8.42 Å². The number of hydrogen-bond acceptors (Lipinski definition) is 3. The Kier molecular flexibility index (Phi) is 7.64. The lowest BCUT2D eigenvalue weighted by atomic mass is 9.95. The third-order valence-corrected chi connectivity index (χ3v) is 6.74. The normalized spacial score (nSPS) is 17.4. The van der Waals surface area contributed by atoms with E-state index in [0.717, 1.165) is 25.8 Å². The Bertz CT molecular complexity index is 546. The smallest absolute Gasteiger partial charge is 0.244 e. The molecule has 2 rings (SSSR count). The Morgan fingerprint density at radius 1 is 1.29 bits per heavy atom. The molecule has 0 unspecified atom stereocenters. The summed E-state index contributed by atoms with van der Waals surface area (Å²) >= 11 is 3.33. The lowest BCUT2D eigenvalue weighted by Crippen LogP contribution is -2.39. The van der Waals surface area contributed by atoms with Crippen molar-refractivity contribution in [2.45, 2.75) is 24.2 Å². The van der Waals surface area contributed by atoms with E-state index in [2.05, 4.69) is 21.2 Å². The molecule has 1 fully saturated rings. The minimum atomic E-state index is -3.37. The maximum Gasteiger partial charge on any atom is 0.244 e. The van der Waals surface area contributed by atoms with Crippen molar-refractivity contribution in [2.75, 3.05) is 26.7 Å². The van der Waals surface area contributed by atoms with Crippen LogP contribution in [0.15, 0.2) is 33.6 Å². The van der Waals surface area contributed by atoms with Crippen LogP contribution < -0.4 is 5.32 Å². The highest BCUT2D eigenvalue weighted by atomic mass is 79.9. The van der Waals surface area contributed by atoms with Crippen molar-refractivity contribution in [3.8, 4) is 0 Å². The van der Waals surface area contributed by atoms with E-state index in [0.29, 0.717) is 28.4 Å². The van der Waals surface area contributed by atoms with Crippen LogP contribution >= 0.6 is 28.3 Å². The maximum atomic E-state index is 12.6. The van der Waals surface area contributed by atoms with Gasteiger partial charge in [0.1, 0.15) is 0 Å². The predicted molar refractivity (Wildman–Crippen MR) is 91.4 cm³/mol. The molecule has 0 bridgehead atoms. The number of benzene rings is 1. The molecule has 1 aromatic carbocycles. The molecule has 21 heavy (non-hydrogen) atoms. The molecule has 1 N–H and O–H groups in total. The van der Waals surface area contributed by atoms with E-state index in [4.69, 9.17) is 0 Å². The standard InChI is InChI=1S/C14H21BrN2O2S.ClH/c1-16-9-6-12-7-10-17(11-8-12)20(18,19)14-5-3-2-4-13(14)15;/h2-5,12,16H,6-11H2,1H3;1H. The molecule has 4 nitrogen and oxygen atoms in total. The van der Waals surface area contributed by atoms with Gasteiger partial charge in [-0.15, -0.1) is 12.4 Å². The molecule has 7 heteroatoms. The van der Waals surface area contributed by atoms with Gasteiger partial charge in [0.25, 0.3) is 0 Å². The third kappa shape index (κ3) is 4.66. The summed E-state index contributed by atoms with van der Waals surface area (Å²) in [6.45, 7) is 2.25. The lowest BCUT2D eigenvalue weighted by molar-refractivity contribution is 0.263. The summed E-state index contributed by atoms with van der Waals surface area (Å²) in [6.07, 6.45) is 3.02. The molecule has 1 aliphatic heterocycles. The number of halogens is 2. The largest absolute Gasteiger partial charge is 0.320 e. The van der Waals surface area contributed by atoms with Crippen molar-refractivity contribution in [1.82, 2.24) is 9.62 Å². The van der Waals surface area contributed by atoms with E-state index >= 15 is 0 Å². The van der Waals surface area contributed by atoms with E-state index < -0.39 is 10.0 Å². The van der Waals surface area contributed by atoms with Crippen LogP contribution in [0.4, 0.5) is 0 Å². The van der Waals surface area contributed by atoms with Gasteiger partial charge in [-0.1, -0.05) is 12.1 Å². The first-order valence-corrected chi connectivity index (χ1v) is 9.18. The summed E-state index contributed by atoms with van der Waals surface area (Å²) in [7, 11) is -1.41. The Balaban J connectivity index is 0.00000220. The second kappa shape index (κ2) is 8.48. The molecule has 0 radical (unpaired) electrons. The van der Waals surface area contributed by atoms with E-state index in [-0.39, 0.29) is 12.4 Å². The Morgan fingerprint density at radius 3 is 2.48 bits per heavy atom.